The lowest BCUT2D eigenvalue weighted by atomic mass is 10.0. The molecule has 0 unspecified atom stereocenters. The summed E-state index contributed by atoms with van der Waals surface area (Å²) < 4.78 is 17.0. The Bertz CT molecular complexity index is 987. The Balaban J connectivity index is 1.97. The number of hydrogen-bond donors (Lipinski definition) is 1. The van der Waals surface area contributed by atoms with Crippen molar-refractivity contribution in [2.24, 2.45) is 0 Å². The molecule has 0 aliphatic carbocycles. The molecule has 0 radical (unpaired) electrons. The van der Waals surface area contributed by atoms with Crippen LogP contribution in [0.25, 0.3) is 22.1 Å². The Morgan fingerprint density at radius 2 is 1.83 bits per heavy atom. The van der Waals surface area contributed by atoms with Crippen molar-refractivity contribution in [3.8, 4) is 28.4 Å². The average Bonchev–Trinajstić information content (AvgIpc) is 2.60. The monoisotopic (exact) mass is 324 g/mol. The van der Waals surface area contributed by atoms with Crippen molar-refractivity contribution < 1.29 is 19.0 Å². The molecule has 1 aliphatic heterocycles. The summed E-state index contributed by atoms with van der Waals surface area (Å²) in [7, 11) is 0. The van der Waals surface area contributed by atoms with Crippen LogP contribution in [0.15, 0.2) is 45.6 Å². The maximum atomic E-state index is 13.0. The van der Waals surface area contributed by atoms with E-state index >= 15 is 0 Å². The van der Waals surface area contributed by atoms with Crippen molar-refractivity contribution in [1.82, 2.24) is 0 Å². The fourth-order valence-corrected chi connectivity index (χ4v) is 2.97. The van der Waals surface area contributed by atoms with E-state index in [9.17, 15) is 9.90 Å². The molecule has 122 valence electrons. The summed E-state index contributed by atoms with van der Waals surface area (Å²) in [5.41, 5.74) is 1.52. The van der Waals surface area contributed by atoms with E-state index in [4.69, 9.17) is 13.9 Å². The molecule has 0 spiro atoms. The highest BCUT2D eigenvalue weighted by atomic mass is 16.6. The van der Waals surface area contributed by atoms with Crippen molar-refractivity contribution in [3.05, 3.63) is 52.4 Å². The highest BCUT2D eigenvalue weighted by Gasteiger charge is 2.19. The molecule has 3 aromatic rings. The Kier molecular flexibility index (Phi) is 3.41. The molecule has 2 heterocycles. The fraction of sp³-hybridized carbons (Fsp3) is 0.211. The maximum absolute atomic E-state index is 13.0. The molecule has 0 atom stereocenters. The third kappa shape index (κ3) is 2.29. The van der Waals surface area contributed by atoms with Crippen molar-refractivity contribution in [3.63, 3.8) is 0 Å². The second-order valence-electron chi connectivity index (χ2n) is 5.62. The van der Waals surface area contributed by atoms with Crippen LogP contribution in [0.4, 0.5) is 0 Å². The number of aromatic hydroxyl groups is 1. The number of ether oxygens (including phenoxy) is 2. The van der Waals surface area contributed by atoms with Crippen LogP contribution in [0.3, 0.4) is 0 Å². The molecule has 0 amide bonds. The van der Waals surface area contributed by atoms with Gasteiger partial charge in [0.05, 0.1) is 10.9 Å². The summed E-state index contributed by atoms with van der Waals surface area (Å²) in [6, 6.07) is 9.99. The molecule has 5 nitrogen and oxygen atoms in total. The number of benzene rings is 2. The standard InChI is InChI=1S/C19H16O5/c1-2-14-18(11-3-6-15-17(9-11)23-8-7-22-15)19(21)13-5-4-12(20)10-16(13)24-14/h3-6,9-10,20H,2,7-8H2,1H3. The Hall–Kier alpha value is -2.95. The van der Waals surface area contributed by atoms with Crippen LogP contribution < -0.4 is 14.9 Å². The molecule has 0 bridgehead atoms. The number of phenolic OH excluding ortho intramolecular Hbond substituents is 1. The van der Waals surface area contributed by atoms with E-state index in [1.54, 1.807) is 6.07 Å². The quantitative estimate of drug-likeness (QED) is 0.781. The first kappa shape index (κ1) is 14.6. The highest BCUT2D eigenvalue weighted by molar-refractivity contribution is 5.84. The zero-order chi connectivity index (χ0) is 16.7. The van der Waals surface area contributed by atoms with E-state index in [-0.39, 0.29) is 11.2 Å². The van der Waals surface area contributed by atoms with Crippen molar-refractivity contribution in [2.45, 2.75) is 13.3 Å². The highest BCUT2D eigenvalue weighted by Crippen LogP contribution is 2.35. The summed E-state index contributed by atoms with van der Waals surface area (Å²) in [5.74, 6) is 1.96. The first-order valence-corrected chi connectivity index (χ1v) is 7.86. The van der Waals surface area contributed by atoms with Gasteiger partial charge in [-0.2, -0.15) is 0 Å². The Labute approximate surface area is 138 Å². The number of aryl methyl sites for hydroxylation is 1. The average molecular weight is 324 g/mol. The van der Waals surface area contributed by atoms with Crippen molar-refractivity contribution in [2.75, 3.05) is 13.2 Å². The van der Waals surface area contributed by atoms with Gasteiger partial charge in [0.2, 0.25) is 5.43 Å². The molecule has 1 N–H and O–H groups in total. The van der Waals surface area contributed by atoms with Gasteiger partial charge in [-0.1, -0.05) is 13.0 Å². The van der Waals surface area contributed by atoms with Gasteiger partial charge in [-0.3, -0.25) is 4.79 Å². The van der Waals surface area contributed by atoms with Crippen LogP contribution in [0.1, 0.15) is 12.7 Å². The first-order valence-electron chi connectivity index (χ1n) is 7.86. The van der Waals surface area contributed by atoms with Crippen LogP contribution >= 0.6 is 0 Å². The second kappa shape index (κ2) is 5.60. The second-order valence-corrected chi connectivity index (χ2v) is 5.62. The predicted octanol–water partition coefficient (Wildman–Crippen LogP) is 3.50. The number of rotatable bonds is 2. The van der Waals surface area contributed by atoms with E-state index < -0.39 is 0 Å². The molecule has 0 fully saturated rings. The summed E-state index contributed by atoms with van der Waals surface area (Å²) >= 11 is 0. The SMILES string of the molecule is CCc1oc2cc(O)ccc2c(=O)c1-c1ccc2c(c1)OCCO2. The summed E-state index contributed by atoms with van der Waals surface area (Å²) in [5, 5.41) is 10.1. The van der Waals surface area contributed by atoms with E-state index in [1.165, 1.54) is 12.1 Å². The summed E-state index contributed by atoms with van der Waals surface area (Å²) in [4.78, 5) is 13.0. The van der Waals surface area contributed by atoms with Crippen LogP contribution in [0.5, 0.6) is 17.2 Å². The van der Waals surface area contributed by atoms with Gasteiger partial charge in [-0.05, 0) is 29.8 Å². The van der Waals surface area contributed by atoms with Crippen molar-refractivity contribution in [1.29, 1.82) is 0 Å². The minimum atomic E-state index is -0.121. The Morgan fingerprint density at radius 1 is 1.04 bits per heavy atom. The van der Waals surface area contributed by atoms with E-state index in [1.807, 2.05) is 25.1 Å². The normalized spacial score (nSPS) is 13.2. The van der Waals surface area contributed by atoms with Gasteiger partial charge in [0.1, 0.15) is 30.3 Å². The zero-order valence-corrected chi connectivity index (χ0v) is 13.2. The fourth-order valence-electron chi connectivity index (χ4n) is 2.97. The van der Waals surface area contributed by atoms with Crippen LogP contribution in [-0.4, -0.2) is 18.3 Å². The van der Waals surface area contributed by atoms with Crippen LogP contribution in [0, 0.1) is 0 Å². The number of hydrogen-bond acceptors (Lipinski definition) is 5. The lowest BCUT2D eigenvalue weighted by Gasteiger charge is -2.19. The first-order chi connectivity index (χ1) is 11.7. The van der Waals surface area contributed by atoms with Gasteiger partial charge in [0.15, 0.2) is 11.5 Å². The minimum Gasteiger partial charge on any atom is -0.508 e. The molecular formula is C19H16O5. The summed E-state index contributed by atoms with van der Waals surface area (Å²) in [6.07, 6.45) is 0.560. The van der Waals surface area contributed by atoms with Gasteiger partial charge in [0.25, 0.3) is 0 Å². The Morgan fingerprint density at radius 3 is 2.62 bits per heavy atom. The van der Waals surface area contributed by atoms with Gasteiger partial charge in [-0.25, -0.2) is 0 Å². The van der Waals surface area contributed by atoms with Crippen LogP contribution in [-0.2, 0) is 6.42 Å². The van der Waals surface area contributed by atoms with E-state index in [2.05, 4.69) is 0 Å². The van der Waals surface area contributed by atoms with Gasteiger partial charge in [-0.15, -0.1) is 0 Å². The molecule has 4 rings (SSSR count). The molecule has 1 aromatic heterocycles. The molecule has 5 heteroatoms. The van der Waals surface area contributed by atoms with Crippen LogP contribution in [0.2, 0.25) is 0 Å². The minimum absolute atomic E-state index is 0.0692. The number of phenols is 1. The molecule has 24 heavy (non-hydrogen) atoms. The lowest BCUT2D eigenvalue weighted by molar-refractivity contribution is 0.171. The maximum Gasteiger partial charge on any atom is 0.200 e. The smallest absolute Gasteiger partial charge is 0.200 e. The lowest BCUT2D eigenvalue weighted by Crippen LogP contribution is -2.15. The molecular weight excluding hydrogens is 308 g/mol. The van der Waals surface area contributed by atoms with Gasteiger partial charge < -0.3 is 19.0 Å². The van der Waals surface area contributed by atoms with E-state index in [0.717, 1.165) is 5.56 Å². The van der Waals surface area contributed by atoms with Crippen molar-refractivity contribution >= 4 is 11.0 Å². The zero-order valence-electron chi connectivity index (χ0n) is 13.2. The molecule has 2 aromatic carbocycles. The molecule has 1 aliphatic rings. The van der Waals surface area contributed by atoms with Gasteiger partial charge in [0, 0.05) is 12.5 Å². The summed E-state index contributed by atoms with van der Waals surface area (Å²) in [6.45, 7) is 2.94. The number of fused-ring (bicyclic) bond motifs is 2. The van der Waals surface area contributed by atoms with Gasteiger partial charge >= 0.3 is 0 Å². The third-order valence-corrected chi connectivity index (χ3v) is 4.10. The predicted molar refractivity (Wildman–Crippen MR) is 90.0 cm³/mol. The molecule has 0 saturated heterocycles. The largest absolute Gasteiger partial charge is 0.508 e. The topological polar surface area (TPSA) is 68.9 Å². The third-order valence-electron chi connectivity index (χ3n) is 4.10. The van der Waals surface area contributed by atoms with E-state index in [0.29, 0.717) is 53.4 Å². The molecule has 0 saturated carbocycles.